The summed E-state index contributed by atoms with van der Waals surface area (Å²) in [5, 5.41) is 0. The van der Waals surface area contributed by atoms with E-state index < -0.39 is 11.8 Å². The van der Waals surface area contributed by atoms with Crippen LogP contribution < -0.4 is 4.74 Å². The van der Waals surface area contributed by atoms with Crippen molar-refractivity contribution in [3.63, 3.8) is 0 Å². The van der Waals surface area contributed by atoms with E-state index >= 15 is 0 Å². The zero-order valence-corrected chi connectivity index (χ0v) is 11.8. The van der Waals surface area contributed by atoms with Gasteiger partial charge in [-0.15, -0.1) is 0 Å². The lowest BCUT2D eigenvalue weighted by molar-refractivity contribution is -0.138. The number of carbonyl (C=O) groups excluding carboxylic acids is 2. The van der Waals surface area contributed by atoms with E-state index in [1.807, 2.05) is 0 Å². The Bertz CT molecular complexity index is 505. The first kappa shape index (κ1) is 15.8. The van der Waals surface area contributed by atoms with E-state index in [0.29, 0.717) is 17.9 Å². The van der Waals surface area contributed by atoms with Crippen molar-refractivity contribution in [3.05, 3.63) is 41.7 Å². The summed E-state index contributed by atoms with van der Waals surface area (Å²) < 4.78 is 15.0. The molecule has 108 valence electrons. The molecule has 0 saturated carbocycles. The van der Waals surface area contributed by atoms with Gasteiger partial charge in [0.1, 0.15) is 17.6 Å². The minimum Gasteiger partial charge on any atom is -0.500 e. The monoisotopic (exact) mass is 278 g/mol. The fourth-order valence-electron chi connectivity index (χ4n) is 1.49. The molecule has 0 aliphatic carbocycles. The number of ether oxygens (including phenoxy) is 3. The molecular weight excluding hydrogens is 260 g/mol. The van der Waals surface area contributed by atoms with Crippen LogP contribution in [0.4, 0.5) is 0 Å². The molecule has 0 atom stereocenters. The summed E-state index contributed by atoms with van der Waals surface area (Å²) in [6.07, 6.45) is 1.14. The molecule has 0 radical (unpaired) electrons. The predicted octanol–water partition coefficient (Wildman–Crippen LogP) is 2.36. The third-order valence-corrected chi connectivity index (χ3v) is 2.44. The highest BCUT2D eigenvalue weighted by Crippen LogP contribution is 2.17. The highest BCUT2D eigenvalue weighted by molar-refractivity contribution is 6.24. The van der Waals surface area contributed by atoms with Crippen LogP contribution in [0.25, 0.3) is 0 Å². The molecule has 1 aromatic carbocycles. The molecule has 1 rings (SSSR count). The Morgan fingerprint density at radius 2 is 1.95 bits per heavy atom. The summed E-state index contributed by atoms with van der Waals surface area (Å²) in [7, 11) is 1.51. The lowest BCUT2D eigenvalue weighted by Crippen LogP contribution is -2.17. The molecule has 0 amide bonds. The van der Waals surface area contributed by atoms with Gasteiger partial charge in [0.15, 0.2) is 0 Å². The van der Waals surface area contributed by atoms with E-state index in [0.717, 1.165) is 6.26 Å². The lowest BCUT2D eigenvalue weighted by atomic mass is 10.0. The van der Waals surface area contributed by atoms with Crippen LogP contribution in [0.3, 0.4) is 0 Å². The fraction of sp³-hybridized carbons (Fsp3) is 0.333. The third-order valence-electron chi connectivity index (χ3n) is 2.44. The molecule has 1 aromatic rings. The summed E-state index contributed by atoms with van der Waals surface area (Å²) in [4.78, 5) is 24.1. The zero-order chi connectivity index (χ0) is 15.0. The van der Waals surface area contributed by atoms with Gasteiger partial charge in [-0.25, -0.2) is 4.79 Å². The van der Waals surface area contributed by atoms with Crippen molar-refractivity contribution in [3.8, 4) is 5.75 Å². The van der Waals surface area contributed by atoms with E-state index in [-0.39, 0.29) is 12.2 Å². The van der Waals surface area contributed by atoms with Crippen LogP contribution in [0, 0.1) is 0 Å². The van der Waals surface area contributed by atoms with Crippen LogP contribution in [0.1, 0.15) is 24.2 Å². The maximum atomic E-state index is 12.3. The van der Waals surface area contributed by atoms with Crippen molar-refractivity contribution in [2.24, 2.45) is 0 Å². The van der Waals surface area contributed by atoms with Gasteiger partial charge in [0, 0.05) is 5.56 Å². The number of Topliss-reactive ketones (excluding diaryl/α,β-unsaturated/α-hetero) is 1. The minimum atomic E-state index is -0.700. The number of hydrogen-bond acceptors (Lipinski definition) is 5. The minimum absolute atomic E-state index is 0.137. The SMILES string of the molecule is CCO/C=C(\C(=O)OCC)C(=O)c1cccc(OC)c1. The van der Waals surface area contributed by atoms with Gasteiger partial charge >= 0.3 is 5.97 Å². The van der Waals surface area contributed by atoms with Gasteiger partial charge in [-0.2, -0.15) is 0 Å². The van der Waals surface area contributed by atoms with E-state index in [9.17, 15) is 9.59 Å². The van der Waals surface area contributed by atoms with E-state index in [1.165, 1.54) is 7.11 Å². The number of esters is 1. The zero-order valence-electron chi connectivity index (χ0n) is 11.8. The van der Waals surface area contributed by atoms with Crippen LogP contribution in [-0.2, 0) is 14.3 Å². The van der Waals surface area contributed by atoms with Gasteiger partial charge in [-0.05, 0) is 26.0 Å². The summed E-state index contributed by atoms with van der Waals surface area (Å²) >= 11 is 0. The van der Waals surface area contributed by atoms with Crippen LogP contribution in [0.2, 0.25) is 0 Å². The second-order valence-electron chi connectivity index (χ2n) is 3.77. The predicted molar refractivity (Wildman–Crippen MR) is 73.7 cm³/mol. The Hall–Kier alpha value is -2.30. The van der Waals surface area contributed by atoms with Gasteiger partial charge in [0.05, 0.1) is 20.3 Å². The number of hydrogen-bond donors (Lipinski definition) is 0. The molecule has 0 aliphatic rings. The summed E-state index contributed by atoms with van der Waals surface area (Å²) in [5.74, 6) is -0.625. The van der Waals surface area contributed by atoms with Crippen LogP contribution >= 0.6 is 0 Å². The smallest absolute Gasteiger partial charge is 0.345 e. The average molecular weight is 278 g/mol. The first-order chi connectivity index (χ1) is 9.63. The Morgan fingerprint density at radius 1 is 1.20 bits per heavy atom. The topological polar surface area (TPSA) is 61.8 Å². The molecule has 0 aromatic heterocycles. The van der Waals surface area contributed by atoms with Crippen LogP contribution in [0.15, 0.2) is 36.1 Å². The quantitative estimate of drug-likeness (QED) is 0.191. The summed E-state index contributed by atoms with van der Waals surface area (Å²) in [5.41, 5.74) is 0.199. The molecular formula is C15H18O5. The molecule has 0 N–H and O–H groups in total. The maximum absolute atomic E-state index is 12.3. The Balaban J connectivity index is 3.06. The second-order valence-corrected chi connectivity index (χ2v) is 3.77. The van der Waals surface area contributed by atoms with Gasteiger partial charge in [0.2, 0.25) is 5.78 Å². The standard InChI is InChI=1S/C15H18O5/c1-4-19-10-13(15(17)20-5-2)14(16)11-7-6-8-12(9-11)18-3/h6-10H,4-5H2,1-3H3/b13-10-. The summed E-state index contributed by atoms with van der Waals surface area (Å²) in [6, 6.07) is 6.55. The van der Waals surface area contributed by atoms with Gasteiger partial charge in [0.25, 0.3) is 0 Å². The van der Waals surface area contributed by atoms with Crippen LogP contribution in [-0.4, -0.2) is 32.1 Å². The van der Waals surface area contributed by atoms with E-state index in [1.54, 1.807) is 38.1 Å². The average Bonchev–Trinajstić information content (AvgIpc) is 2.47. The Kier molecular flexibility index (Phi) is 6.29. The van der Waals surface area contributed by atoms with Gasteiger partial charge < -0.3 is 14.2 Å². The molecule has 20 heavy (non-hydrogen) atoms. The molecule has 0 aliphatic heterocycles. The molecule has 0 heterocycles. The first-order valence-electron chi connectivity index (χ1n) is 6.31. The molecule has 0 spiro atoms. The van der Waals surface area contributed by atoms with Crippen molar-refractivity contribution in [1.29, 1.82) is 0 Å². The number of ketones is 1. The van der Waals surface area contributed by atoms with Gasteiger partial charge in [-0.3, -0.25) is 4.79 Å². The largest absolute Gasteiger partial charge is 0.500 e. The van der Waals surface area contributed by atoms with Crippen LogP contribution in [0.5, 0.6) is 5.75 Å². The molecule has 0 bridgehead atoms. The maximum Gasteiger partial charge on any atom is 0.345 e. The normalized spacial score (nSPS) is 10.8. The lowest BCUT2D eigenvalue weighted by Gasteiger charge is -2.07. The second kappa shape index (κ2) is 7.99. The third kappa shape index (κ3) is 4.12. The van der Waals surface area contributed by atoms with E-state index in [4.69, 9.17) is 14.2 Å². The molecule has 0 saturated heterocycles. The first-order valence-corrected chi connectivity index (χ1v) is 6.31. The number of rotatable bonds is 7. The Labute approximate surface area is 118 Å². The van der Waals surface area contributed by atoms with E-state index in [2.05, 4.69) is 0 Å². The molecule has 5 heteroatoms. The molecule has 5 nitrogen and oxygen atoms in total. The summed E-state index contributed by atoms with van der Waals surface area (Å²) in [6.45, 7) is 3.98. The number of carbonyl (C=O) groups is 2. The van der Waals surface area contributed by atoms with Crippen molar-refractivity contribution in [2.45, 2.75) is 13.8 Å². The molecule has 0 unspecified atom stereocenters. The Morgan fingerprint density at radius 3 is 2.55 bits per heavy atom. The van der Waals surface area contributed by atoms with Crippen molar-refractivity contribution < 1.29 is 23.8 Å². The van der Waals surface area contributed by atoms with Crippen molar-refractivity contribution in [2.75, 3.05) is 20.3 Å². The number of methoxy groups -OCH3 is 1. The van der Waals surface area contributed by atoms with Gasteiger partial charge in [-0.1, -0.05) is 12.1 Å². The molecule has 0 fully saturated rings. The number of benzene rings is 1. The van der Waals surface area contributed by atoms with Crippen molar-refractivity contribution in [1.82, 2.24) is 0 Å². The highest BCUT2D eigenvalue weighted by atomic mass is 16.5. The highest BCUT2D eigenvalue weighted by Gasteiger charge is 2.22. The van der Waals surface area contributed by atoms with Crippen molar-refractivity contribution >= 4 is 11.8 Å². The fourth-order valence-corrected chi connectivity index (χ4v) is 1.49.